The summed E-state index contributed by atoms with van der Waals surface area (Å²) in [6.45, 7) is 0. The van der Waals surface area contributed by atoms with Crippen LogP contribution in [0.2, 0.25) is 4.34 Å². The van der Waals surface area contributed by atoms with Crippen LogP contribution >= 0.6 is 34.3 Å². The third-order valence-electron chi connectivity index (χ3n) is 3.00. The van der Waals surface area contributed by atoms with E-state index in [4.69, 9.17) is 11.6 Å². The van der Waals surface area contributed by atoms with Crippen LogP contribution in [0.1, 0.15) is 0 Å². The van der Waals surface area contributed by atoms with Gasteiger partial charge in [0.1, 0.15) is 4.21 Å². The standard InChI is InChI=1S/C12H8ClN3O4S3/c1-15-8-3-2-7(16(17)18)6-9(8)21-12(15)14-23(19,20)11-5-4-10(13)22-11/h2-6H,1H3. The first kappa shape index (κ1) is 16.1. The molecule has 2 aromatic heterocycles. The third kappa shape index (κ3) is 3.02. The van der Waals surface area contributed by atoms with Crippen molar-refractivity contribution in [2.75, 3.05) is 0 Å². The number of nitrogens with zero attached hydrogens (tertiary/aromatic N) is 3. The Kier molecular flexibility index (Phi) is 4.00. The van der Waals surface area contributed by atoms with Crippen LogP contribution in [-0.2, 0) is 17.1 Å². The zero-order valence-electron chi connectivity index (χ0n) is 11.5. The number of nitro groups is 1. The van der Waals surface area contributed by atoms with Crippen molar-refractivity contribution >= 4 is 60.2 Å². The minimum atomic E-state index is -3.87. The summed E-state index contributed by atoms with van der Waals surface area (Å²) < 4.78 is 31.0. The smallest absolute Gasteiger partial charge is 0.294 e. The van der Waals surface area contributed by atoms with Gasteiger partial charge in [-0.1, -0.05) is 22.9 Å². The molecule has 23 heavy (non-hydrogen) atoms. The highest BCUT2D eigenvalue weighted by molar-refractivity contribution is 7.92. The molecule has 120 valence electrons. The van der Waals surface area contributed by atoms with Crippen molar-refractivity contribution in [2.24, 2.45) is 11.4 Å². The number of hydrogen-bond donors (Lipinski definition) is 0. The number of aryl methyl sites for hydroxylation is 1. The van der Waals surface area contributed by atoms with E-state index >= 15 is 0 Å². The summed E-state index contributed by atoms with van der Waals surface area (Å²) in [4.78, 5) is 10.6. The van der Waals surface area contributed by atoms with Crippen LogP contribution < -0.4 is 4.80 Å². The van der Waals surface area contributed by atoms with Crippen molar-refractivity contribution < 1.29 is 13.3 Å². The number of non-ortho nitro benzene ring substituents is 1. The summed E-state index contributed by atoms with van der Waals surface area (Å²) in [5.41, 5.74) is 0.609. The van der Waals surface area contributed by atoms with Gasteiger partial charge in [0.15, 0.2) is 0 Å². The van der Waals surface area contributed by atoms with Crippen molar-refractivity contribution in [3.63, 3.8) is 0 Å². The molecule has 0 amide bonds. The van der Waals surface area contributed by atoms with E-state index in [9.17, 15) is 18.5 Å². The highest BCUT2D eigenvalue weighted by Crippen LogP contribution is 2.27. The summed E-state index contributed by atoms with van der Waals surface area (Å²) >= 11 is 7.75. The van der Waals surface area contributed by atoms with Gasteiger partial charge in [0.2, 0.25) is 4.80 Å². The molecule has 1 aromatic carbocycles. The van der Waals surface area contributed by atoms with Gasteiger partial charge in [-0.3, -0.25) is 10.1 Å². The van der Waals surface area contributed by atoms with Crippen molar-refractivity contribution in [1.82, 2.24) is 4.57 Å². The molecule has 3 rings (SSSR count). The van der Waals surface area contributed by atoms with E-state index in [0.29, 0.717) is 14.6 Å². The first-order valence-electron chi connectivity index (χ1n) is 6.08. The molecule has 0 aliphatic rings. The highest BCUT2D eigenvalue weighted by atomic mass is 35.5. The van der Waals surface area contributed by atoms with Crippen LogP contribution in [0, 0.1) is 10.1 Å². The lowest BCUT2D eigenvalue weighted by Crippen LogP contribution is -2.13. The van der Waals surface area contributed by atoms with Crippen molar-refractivity contribution in [3.05, 3.63) is 49.6 Å². The molecule has 0 aliphatic carbocycles. The van der Waals surface area contributed by atoms with Gasteiger partial charge in [-0.05, 0) is 18.2 Å². The first-order chi connectivity index (χ1) is 10.8. The lowest BCUT2D eigenvalue weighted by molar-refractivity contribution is -0.384. The molecule has 3 aromatic rings. The number of sulfonamides is 1. The SMILES string of the molecule is Cn1c(=NS(=O)(=O)c2ccc(Cl)s2)sc2cc([N+](=O)[O-])ccc21. The summed E-state index contributed by atoms with van der Waals surface area (Å²) in [6, 6.07) is 7.21. The number of thiazole rings is 1. The quantitative estimate of drug-likeness (QED) is 0.507. The molecule has 0 aliphatic heterocycles. The maximum Gasteiger partial charge on any atom is 0.294 e. The van der Waals surface area contributed by atoms with Crippen LogP contribution in [0.25, 0.3) is 10.2 Å². The normalized spacial score (nSPS) is 12.9. The molecule has 0 spiro atoms. The Labute approximate surface area is 143 Å². The van der Waals surface area contributed by atoms with E-state index in [1.165, 1.54) is 24.3 Å². The van der Waals surface area contributed by atoms with Gasteiger partial charge in [-0.15, -0.1) is 15.7 Å². The lowest BCUT2D eigenvalue weighted by Gasteiger charge is -1.96. The minimum Gasteiger partial charge on any atom is -0.319 e. The van der Waals surface area contributed by atoms with Crippen LogP contribution in [-0.4, -0.2) is 17.9 Å². The average Bonchev–Trinajstić information content (AvgIpc) is 3.04. The average molecular weight is 390 g/mol. The van der Waals surface area contributed by atoms with Crippen LogP contribution in [0.15, 0.2) is 38.9 Å². The number of rotatable bonds is 3. The fourth-order valence-corrected chi connectivity index (χ4v) is 5.65. The topological polar surface area (TPSA) is 94.6 Å². The van der Waals surface area contributed by atoms with Gasteiger partial charge < -0.3 is 4.57 Å². The Morgan fingerprint density at radius 3 is 2.61 bits per heavy atom. The van der Waals surface area contributed by atoms with E-state index in [0.717, 1.165) is 22.7 Å². The van der Waals surface area contributed by atoms with E-state index < -0.39 is 14.9 Å². The van der Waals surface area contributed by atoms with Gasteiger partial charge in [0.25, 0.3) is 15.7 Å². The van der Waals surface area contributed by atoms with Crippen molar-refractivity contribution in [2.45, 2.75) is 4.21 Å². The van der Waals surface area contributed by atoms with E-state index in [-0.39, 0.29) is 14.7 Å². The molecule has 0 N–H and O–H groups in total. The second-order valence-corrected chi connectivity index (χ2v) is 9.03. The molecule has 0 bridgehead atoms. The number of aromatic nitrogens is 1. The lowest BCUT2D eigenvalue weighted by atomic mass is 10.3. The molecule has 0 saturated carbocycles. The Hall–Kier alpha value is -1.75. The van der Waals surface area contributed by atoms with Crippen LogP contribution in [0.5, 0.6) is 0 Å². The summed E-state index contributed by atoms with van der Waals surface area (Å²) in [7, 11) is -2.22. The van der Waals surface area contributed by atoms with Crippen LogP contribution in [0.4, 0.5) is 5.69 Å². The molecule has 0 fully saturated rings. The Balaban J connectivity index is 2.20. The first-order valence-corrected chi connectivity index (χ1v) is 9.53. The number of benzene rings is 1. The number of hydrogen-bond acceptors (Lipinski definition) is 6. The second kappa shape index (κ2) is 5.71. The van der Waals surface area contributed by atoms with Crippen LogP contribution in [0.3, 0.4) is 0 Å². The van der Waals surface area contributed by atoms with Crippen molar-refractivity contribution in [1.29, 1.82) is 0 Å². The fourth-order valence-electron chi connectivity index (χ4n) is 1.91. The number of nitro benzene ring substituents is 1. The summed E-state index contributed by atoms with van der Waals surface area (Å²) in [5, 5.41) is 10.8. The molecule has 2 heterocycles. The maximum atomic E-state index is 12.3. The Bertz CT molecular complexity index is 1090. The maximum absolute atomic E-state index is 12.3. The zero-order valence-corrected chi connectivity index (χ0v) is 14.7. The predicted octanol–water partition coefficient (Wildman–Crippen LogP) is 3.15. The molecule has 0 radical (unpaired) electrons. The van der Waals surface area contributed by atoms with Gasteiger partial charge in [-0.2, -0.15) is 8.42 Å². The molecule has 7 nitrogen and oxygen atoms in total. The van der Waals surface area contributed by atoms with E-state index in [1.807, 2.05) is 0 Å². The Morgan fingerprint density at radius 1 is 1.26 bits per heavy atom. The highest BCUT2D eigenvalue weighted by Gasteiger charge is 2.17. The molecular formula is C12H8ClN3O4S3. The third-order valence-corrected chi connectivity index (χ3v) is 7.18. The fraction of sp³-hybridized carbons (Fsp3) is 0.0833. The van der Waals surface area contributed by atoms with Gasteiger partial charge >= 0.3 is 0 Å². The second-order valence-electron chi connectivity index (χ2n) is 4.48. The molecule has 0 unspecified atom stereocenters. The largest absolute Gasteiger partial charge is 0.319 e. The minimum absolute atomic E-state index is 0.0472. The Morgan fingerprint density at radius 2 is 2.00 bits per heavy atom. The number of fused-ring (bicyclic) bond motifs is 1. The monoisotopic (exact) mass is 389 g/mol. The number of halogens is 1. The zero-order chi connectivity index (χ0) is 16.8. The molecular weight excluding hydrogens is 382 g/mol. The predicted molar refractivity (Wildman–Crippen MR) is 89.5 cm³/mol. The van der Waals surface area contributed by atoms with E-state index in [2.05, 4.69) is 4.40 Å². The van der Waals surface area contributed by atoms with Gasteiger partial charge in [0.05, 0.1) is 19.5 Å². The molecule has 0 atom stereocenters. The van der Waals surface area contributed by atoms with E-state index in [1.54, 1.807) is 17.7 Å². The molecule has 11 heteroatoms. The number of thiophene rings is 1. The van der Waals surface area contributed by atoms with Gasteiger partial charge in [-0.25, -0.2) is 0 Å². The van der Waals surface area contributed by atoms with Crippen molar-refractivity contribution in [3.8, 4) is 0 Å². The van der Waals surface area contributed by atoms with Gasteiger partial charge in [0, 0.05) is 19.2 Å². The summed E-state index contributed by atoms with van der Waals surface area (Å²) in [6.07, 6.45) is 0. The molecule has 0 saturated heterocycles. The summed E-state index contributed by atoms with van der Waals surface area (Å²) in [5.74, 6) is 0.